The molecule has 1 amide bonds. The molecule has 1 fully saturated rings. The summed E-state index contributed by atoms with van der Waals surface area (Å²) in [4.78, 5) is 26.8. The molecule has 1 saturated heterocycles. The number of amides is 1. The molecule has 0 bridgehead atoms. The molecule has 1 rings (SSSR count). The predicted molar refractivity (Wildman–Crippen MR) is 109 cm³/mol. The maximum absolute atomic E-state index is 12.7. The van der Waals surface area contributed by atoms with Gasteiger partial charge in [-0.1, -0.05) is 0 Å². The van der Waals surface area contributed by atoms with Crippen LogP contribution in [0.2, 0.25) is 0 Å². The lowest BCUT2D eigenvalue weighted by Crippen LogP contribution is -2.57. The molecule has 28 heavy (non-hydrogen) atoms. The van der Waals surface area contributed by atoms with Crippen LogP contribution in [0.4, 0.5) is 0 Å². The van der Waals surface area contributed by atoms with Crippen LogP contribution in [0, 0.1) is 0 Å². The number of methoxy groups -OCH3 is 1. The number of esters is 1. The Balaban J connectivity index is 2.51. The van der Waals surface area contributed by atoms with Gasteiger partial charge in [0.1, 0.15) is 0 Å². The van der Waals surface area contributed by atoms with E-state index < -0.39 is 17.2 Å². The van der Waals surface area contributed by atoms with Gasteiger partial charge in [0, 0.05) is 32.5 Å². The van der Waals surface area contributed by atoms with E-state index in [1.807, 2.05) is 41.5 Å². The van der Waals surface area contributed by atoms with Crippen molar-refractivity contribution in [3.63, 3.8) is 0 Å². The molecule has 0 spiro atoms. The molecule has 0 radical (unpaired) electrons. The summed E-state index contributed by atoms with van der Waals surface area (Å²) >= 11 is 0. The van der Waals surface area contributed by atoms with Crippen molar-refractivity contribution < 1.29 is 23.8 Å². The summed E-state index contributed by atoms with van der Waals surface area (Å²) in [6.07, 6.45) is 3.17. The van der Waals surface area contributed by atoms with Crippen molar-refractivity contribution >= 4 is 11.9 Å². The van der Waals surface area contributed by atoms with Crippen molar-refractivity contribution in [1.29, 1.82) is 0 Å². The molecule has 0 aromatic rings. The number of ether oxygens (including phenoxy) is 3. The Hall–Kier alpha value is -1.18. The fraction of sp³-hybridized carbons (Fsp3) is 0.905. The van der Waals surface area contributed by atoms with Gasteiger partial charge >= 0.3 is 5.97 Å². The van der Waals surface area contributed by atoms with E-state index in [2.05, 4.69) is 0 Å². The monoisotopic (exact) mass is 400 g/mol. The number of carbonyl (C=O) groups is 2. The maximum Gasteiger partial charge on any atom is 0.338 e. The number of unbranched alkanes of at least 4 members (excludes halogenated alkanes) is 1. The van der Waals surface area contributed by atoms with Gasteiger partial charge in [-0.05, 0) is 60.8 Å². The minimum atomic E-state index is -1.00. The number of hydrogen-bond donors (Lipinski definition) is 1. The molecule has 2 N–H and O–H groups in total. The number of likely N-dealkylation sites (tertiary alicyclic amines) is 1. The van der Waals surface area contributed by atoms with E-state index in [1.165, 1.54) is 7.11 Å². The summed E-state index contributed by atoms with van der Waals surface area (Å²) < 4.78 is 16.7. The van der Waals surface area contributed by atoms with Crippen LogP contribution < -0.4 is 5.73 Å². The van der Waals surface area contributed by atoms with Crippen LogP contribution in [0.1, 0.15) is 73.6 Å². The van der Waals surface area contributed by atoms with E-state index in [4.69, 9.17) is 19.9 Å². The molecule has 7 heteroatoms. The van der Waals surface area contributed by atoms with Gasteiger partial charge in [-0.15, -0.1) is 0 Å². The van der Waals surface area contributed by atoms with Gasteiger partial charge in [0.05, 0.1) is 24.4 Å². The lowest BCUT2D eigenvalue weighted by molar-refractivity contribution is -0.198. The first kappa shape index (κ1) is 24.9. The topological polar surface area (TPSA) is 91.1 Å². The average molecular weight is 401 g/mol. The van der Waals surface area contributed by atoms with Crippen LogP contribution in [-0.2, 0) is 23.8 Å². The van der Waals surface area contributed by atoms with E-state index in [0.717, 1.165) is 12.8 Å². The predicted octanol–water partition coefficient (Wildman–Crippen LogP) is 2.65. The fourth-order valence-corrected chi connectivity index (χ4v) is 3.41. The zero-order valence-electron chi connectivity index (χ0n) is 18.8. The second-order valence-corrected chi connectivity index (χ2v) is 9.59. The molecule has 0 aliphatic carbocycles. The van der Waals surface area contributed by atoms with Crippen LogP contribution in [0.25, 0.3) is 0 Å². The van der Waals surface area contributed by atoms with Crippen LogP contribution in [0.5, 0.6) is 0 Å². The van der Waals surface area contributed by atoms with Crippen molar-refractivity contribution in [2.75, 3.05) is 26.8 Å². The van der Waals surface area contributed by atoms with E-state index in [1.54, 1.807) is 4.90 Å². The third kappa shape index (κ3) is 8.05. The molecule has 1 aliphatic rings. The Bertz CT molecular complexity index is 514. The van der Waals surface area contributed by atoms with Crippen molar-refractivity contribution in [1.82, 2.24) is 4.90 Å². The third-order valence-corrected chi connectivity index (χ3v) is 4.70. The number of rotatable bonds is 8. The van der Waals surface area contributed by atoms with E-state index >= 15 is 0 Å². The van der Waals surface area contributed by atoms with Gasteiger partial charge < -0.3 is 24.8 Å². The SMILES string of the molecule is COC(=O)C1(OC(C)(C)C)CCN(C(=O)C(N)CCCCOC(C)(C)C)CC1. The lowest BCUT2D eigenvalue weighted by atomic mass is 9.89. The largest absolute Gasteiger partial charge is 0.467 e. The second kappa shape index (κ2) is 10.0. The molecule has 1 aliphatic heterocycles. The molecule has 1 heterocycles. The Kier molecular flexibility index (Phi) is 8.91. The second-order valence-electron chi connectivity index (χ2n) is 9.59. The van der Waals surface area contributed by atoms with E-state index in [9.17, 15) is 9.59 Å². The number of hydrogen-bond acceptors (Lipinski definition) is 6. The van der Waals surface area contributed by atoms with Crippen molar-refractivity contribution in [3.8, 4) is 0 Å². The molecule has 7 nitrogen and oxygen atoms in total. The number of carbonyl (C=O) groups excluding carboxylic acids is 2. The van der Waals surface area contributed by atoms with Gasteiger partial charge in [0.15, 0.2) is 5.60 Å². The molecule has 0 aromatic carbocycles. The summed E-state index contributed by atoms with van der Waals surface area (Å²) in [7, 11) is 1.37. The zero-order valence-corrected chi connectivity index (χ0v) is 18.8. The first-order valence-corrected chi connectivity index (χ1v) is 10.3. The number of nitrogens with zero attached hydrogens (tertiary/aromatic N) is 1. The van der Waals surface area contributed by atoms with Gasteiger partial charge in [-0.25, -0.2) is 4.79 Å². The standard InChI is InChI=1S/C21H40N2O5/c1-19(2,3)27-15-9-8-10-16(22)17(24)23-13-11-21(12-14-23,18(25)26-7)28-20(4,5)6/h16H,8-15,22H2,1-7H3. The van der Waals surface area contributed by atoms with Gasteiger partial charge in [-0.3, -0.25) is 4.79 Å². The molecule has 0 saturated carbocycles. The van der Waals surface area contributed by atoms with Gasteiger partial charge in [-0.2, -0.15) is 0 Å². The number of nitrogens with two attached hydrogens (primary N) is 1. The van der Waals surface area contributed by atoms with Gasteiger partial charge in [0.25, 0.3) is 0 Å². The first-order valence-electron chi connectivity index (χ1n) is 10.3. The summed E-state index contributed by atoms with van der Waals surface area (Å²) in [6.45, 7) is 13.3. The van der Waals surface area contributed by atoms with Crippen LogP contribution in [-0.4, -0.2) is 66.4 Å². The minimum Gasteiger partial charge on any atom is -0.467 e. The Morgan fingerprint density at radius 2 is 1.61 bits per heavy atom. The Morgan fingerprint density at radius 3 is 2.07 bits per heavy atom. The van der Waals surface area contributed by atoms with Gasteiger partial charge in [0.2, 0.25) is 5.91 Å². The lowest BCUT2D eigenvalue weighted by Gasteiger charge is -2.43. The fourth-order valence-electron chi connectivity index (χ4n) is 3.41. The first-order chi connectivity index (χ1) is 12.8. The number of piperidine rings is 1. The highest BCUT2D eigenvalue weighted by atomic mass is 16.6. The average Bonchev–Trinajstić information content (AvgIpc) is 2.58. The molecule has 1 unspecified atom stereocenters. The highest BCUT2D eigenvalue weighted by Crippen LogP contribution is 2.32. The molecular weight excluding hydrogens is 360 g/mol. The molecule has 164 valence electrons. The van der Waals surface area contributed by atoms with Crippen molar-refractivity contribution in [3.05, 3.63) is 0 Å². The Labute approximate surface area is 170 Å². The summed E-state index contributed by atoms with van der Waals surface area (Å²) in [5.41, 5.74) is 4.49. The molecule has 1 atom stereocenters. The van der Waals surface area contributed by atoms with Crippen molar-refractivity contribution in [2.24, 2.45) is 5.73 Å². The van der Waals surface area contributed by atoms with E-state index in [-0.39, 0.29) is 17.5 Å². The van der Waals surface area contributed by atoms with Crippen LogP contribution in [0.3, 0.4) is 0 Å². The van der Waals surface area contributed by atoms with Crippen LogP contribution in [0.15, 0.2) is 0 Å². The summed E-state index contributed by atoms with van der Waals surface area (Å²) in [5.74, 6) is -0.441. The smallest absolute Gasteiger partial charge is 0.338 e. The Morgan fingerprint density at radius 1 is 1.04 bits per heavy atom. The molecular formula is C21H40N2O5. The highest BCUT2D eigenvalue weighted by Gasteiger charge is 2.47. The van der Waals surface area contributed by atoms with Crippen molar-refractivity contribution in [2.45, 2.75) is 96.5 Å². The van der Waals surface area contributed by atoms with E-state index in [0.29, 0.717) is 39.0 Å². The normalized spacial score (nSPS) is 18.6. The minimum absolute atomic E-state index is 0.0639. The summed E-state index contributed by atoms with van der Waals surface area (Å²) in [6, 6.07) is -0.524. The summed E-state index contributed by atoms with van der Waals surface area (Å²) in [5, 5.41) is 0. The third-order valence-electron chi connectivity index (χ3n) is 4.70. The quantitative estimate of drug-likeness (QED) is 0.497. The molecule has 0 aromatic heterocycles. The maximum atomic E-state index is 12.7. The highest BCUT2D eigenvalue weighted by molar-refractivity contribution is 5.83. The zero-order chi connectivity index (χ0) is 21.6. The van der Waals surface area contributed by atoms with Crippen LogP contribution >= 0.6 is 0 Å².